The molecule has 2 N–H and O–H groups in total. The zero-order chi connectivity index (χ0) is 13.7. The molecule has 0 aliphatic carbocycles. The monoisotopic (exact) mass is 279 g/mol. The first-order valence-corrected chi connectivity index (χ1v) is 6.18. The molecule has 6 nitrogen and oxygen atoms in total. The molecule has 0 fully saturated rings. The van der Waals surface area contributed by atoms with E-state index in [1.54, 1.807) is 7.05 Å². The van der Waals surface area contributed by atoms with Crippen molar-refractivity contribution in [3.05, 3.63) is 29.5 Å². The minimum atomic E-state index is 0.132. The van der Waals surface area contributed by atoms with Crippen molar-refractivity contribution >= 4 is 29.2 Å². The maximum atomic E-state index is 5.80. The minimum absolute atomic E-state index is 0.132. The smallest absolute Gasteiger partial charge is 0.233 e. The fourth-order valence-electron chi connectivity index (χ4n) is 1.45. The van der Waals surface area contributed by atoms with Crippen molar-refractivity contribution in [1.29, 1.82) is 0 Å². The van der Waals surface area contributed by atoms with Gasteiger partial charge in [0.2, 0.25) is 17.2 Å². The molecule has 0 bridgehead atoms. The number of rotatable bonds is 5. The minimum Gasteiger partial charge on any atom is -0.494 e. The van der Waals surface area contributed by atoms with Crippen LogP contribution in [0.25, 0.3) is 0 Å². The molecule has 0 aliphatic rings. The standard InChI is InChI=1S/C12H14ClN5O/c1-3-19-9-6-4-8(5-7-9)15-12-17-10(13)16-11(14-2)18-12/h4-7H,3H2,1-2H3,(H2,14,15,16,17,18). The van der Waals surface area contributed by atoms with Crippen LogP contribution in [0.15, 0.2) is 24.3 Å². The van der Waals surface area contributed by atoms with Gasteiger partial charge in [-0.2, -0.15) is 15.0 Å². The quantitative estimate of drug-likeness (QED) is 0.877. The lowest BCUT2D eigenvalue weighted by atomic mass is 10.3. The highest BCUT2D eigenvalue weighted by molar-refractivity contribution is 6.28. The van der Waals surface area contributed by atoms with E-state index >= 15 is 0 Å². The number of halogens is 1. The molecule has 1 heterocycles. The van der Waals surface area contributed by atoms with Crippen LogP contribution < -0.4 is 15.4 Å². The fraction of sp³-hybridized carbons (Fsp3) is 0.250. The lowest BCUT2D eigenvalue weighted by molar-refractivity contribution is 0.340. The Labute approximate surface area is 116 Å². The number of benzene rings is 1. The van der Waals surface area contributed by atoms with Crippen molar-refractivity contribution < 1.29 is 4.74 Å². The molecule has 0 saturated carbocycles. The second kappa shape index (κ2) is 6.19. The molecule has 0 saturated heterocycles. The summed E-state index contributed by atoms with van der Waals surface area (Å²) in [5.74, 6) is 1.61. The highest BCUT2D eigenvalue weighted by Crippen LogP contribution is 2.19. The number of aromatic nitrogens is 3. The number of hydrogen-bond donors (Lipinski definition) is 2. The molecular formula is C12H14ClN5O. The van der Waals surface area contributed by atoms with E-state index in [2.05, 4.69) is 25.6 Å². The molecular weight excluding hydrogens is 266 g/mol. The summed E-state index contributed by atoms with van der Waals surface area (Å²) in [5, 5.41) is 5.99. The topological polar surface area (TPSA) is 72.0 Å². The Balaban J connectivity index is 2.14. The molecule has 7 heteroatoms. The van der Waals surface area contributed by atoms with Crippen LogP contribution >= 0.6 is 11.6 Å². The first-order chi connectivity index (χ1) is 9.21. The van der Waals surface area contributed by atoms with Crippen molar-refractivity contribution in [3.63, 3.8) is 0 Å². The van der Waals surface area contributed by atoms with Gasteiger partial charge in [-0.25, -0.2) is 0 Å². The Hall–Kier alpha value is -2.08. The Bertz CT molecular complexity index is 546. The zero-order valence-electron chi connectivity index (χ0n) is 10.6. The summed E-state index contributed by atoms with van der Waals surface area (Å²) in [6, 6.07) is 7.49. The van der Waals surface area contributed by atoms with Gasteiger partial charge in [0, 0.05) is 12.7 Å². The first kappa shape index (κ1) is 13.4. The molecule has 0 amide bonds. The highest BCUT2D eigenvalue weighted by atomic mass is 35.5. The maximum Gasteiger partial charge on any atom is 0.233 e. The molecule has 1 aromatic heterocycles. The normalized spacial score (nSPS) is 10.1. The van der Waals surface area contributed by atoms with Crippen LogP contribution in [0.4, 0.5) is 17.6 Å². The summed E-state index contributed by atoms with van der Waals surface area (Å²) < 4.78 is 5.37. The van der Waals surface area contributed by atoms with Crippen molar-refractivity contribution in [2.24, 2.45) is 0 Å². The van der Waals surface area contributed by atoms with Gasteiger partial charge in [-0.3, -0.25) is 0 Å². The van der Waals surface area contributed by atoms with Crippen LogP contribution in [0.3, 0.4) is 0 Å². The Morgan fingerprint density at radius 1 is 1.11 bits per heavy atom. The molecule has 0 radical (unpaired) electrons. The van der Waals surface area contributed by atoms with Crippen LogP contribution in [0.2, 0.25) is 5.28 Å². The van der Waals surface area contributed by atoms with E-state index in [1.165, 1.54) is 0 Å². The fourth-order valence-corrected chi connectivity index (χ4v) is 1.61. The van der Waals surface area contributed by atoms with E-state index in [1.807, 2.05) is 31.2 Å². The summed E-state index contributed by atoms with van der Waals surface area (Å²) in [6.45, 7) is 2.58. The van der Waals surface area contributed by atoms with Gasteiger partial charge in [0.25, 0.3) is 0 Å². The molecule has 0 unspecified atom stereocenters. The average molecular weight is 280 g/mol. The molecule has 19 heavy (non-hydrogen) atoms. The van der Waals surface area contributed by atoms with Crippen molar-refractivity contribution in [3.8, 4) is 5.75 Å². The van der Waals surface area contributed by atoms with Gasteiger partial charge < -0.3 is 15.4 Å². The van der Waals surface area contributed by atoms with Crippen molar-refractivity contribution in [1.82, 2.24) is 15.0 Å². The largest absolute Gasteiger partial charge is 0.494 e. The molecule has 0 spiro atoms. The van der Waals surface area contributed by atoms with Gasteiger partial charge >= 0.3 is 0 Å². The van der Waals surface area contributed by atoms with Gasteiger partial charge in [0.05, 0.1) is 6.61 Å². The number of hydrogen-bond acceptors (Lipinski definition) is 6. The van der Waals surface area contributed by atoms with E-state index in [9.17, 15) is 0 Å². The number of ether oxygens (including phenoxy) is 1. The molecule has 2 rings (SSSR count). The van der Waals surface area contributed by atoms with Crippen LogP contribution in [0.1, 0.15) is 6.92 Å². The lowest BCUT2D eigenvalue weighted by Crippen LogP contribution is -2.03. The Kier molecular flexibility index (Phi) is 4.35. The van der Waals surface area contributed by atoms with Crippen LogP contribution in [0, 0.1) is 0 Å². The summed E-state index contributed by atoms with van der Waals surface area (Å²) in [4.78, 5) is 12.0. The predicted molar refractivity (Wildman–Crippen MR) is 75.3 cm³/mol. The van der Waals surface area contributed by atoms with E-state index < -0.39 is 0 Å². The van der Waals surface area contributed by atoms with Crippen molar-refractivity contribution in [2.45, 2.75) is 6.92 Å². The van der Waals surface area contributed by atoms with Crippen molar-refractivity contribution in [2.75, 3.05) is 24.3 Å². The van der Waals surface area contributed by atoms with Crippen LogP contribution in [-0.4, -0.2) is 28.6 Å². The summed E-state index contributed by atoms with van der Waals surface area (Å²) in [7, 11) is 1.71. The van der Waals surface area contributed by atoms with Gasteiger partial charge in [0.1, 0.15) is 5.75 Å². The number of nitrogens with zero attached hydrogens (tertiary/aromatic N) is 3. The second-order valence-electron chi connectivity index (χ2n) is 3.58. The first-order valence-electron chi connectivity index (χ1n) is 5.80. The summed E-state index contributed by atoms with van der Waals surface area (Å²) >= 11 is 5.80. The Morgan fingerprint density at radius 2 is 1.79 bits per heavy atom. The van der Waals surface area contributed by atoms with E-state index in [4.69, 9.17) is 16.3 Å². The van der Waals surface area contributed by atoms with Crippen LogP contribution in [0.5, 0.6) is 5.75 Å². The third-order valence-electron chi connectivity index (χ3n) is 2.25. The SMILES string of the molecule is CCOc1ccc(Nc2nc(Cl)nc(NC)n2)cc1. The maximum absolute atomic E-state index is 5.80. The predicted octanol–water partition coefficient (Wildman–Crippen LogP) is 2.71. The zero-order valence-corrected chi connectivity index (χ0v) is 11.4. The summed E-state index contributed by atoms with van der Waals surface area (Å²) in [5.41, 5.74) is 0.841. The number of nitrogens with one attached hydrogen (secondary N) is 2. The van der Waals surface area contributed by atoms with Gasteiger partial charge in [-0.1, -0.05) is 0 Å². The van der Waals surface area contributed by atoms with E-state index in [0.717, 1.165) is 11.4 Å². The van der Waals surface area contributed by atoms with E-state index in [-0.39, 0.29) is 5.28 Å². The molecule has 1 aromatic carbocycles. The lowest BCUT2D eigenvalue weighted by Gasteiger charge is -2.07. The number of anilines is 3. The average Bonchev–Trinajstić information content (AvgIpc) is 2.40. The molecule has 0 atom stereocenters. The highest BCUT2D eigenvalue weighted by Gasteiger charge is 2.04. The Morgan fingerprint density at radius 3 is 2.42 bits per heavy atom. The van der Waals surface area contributed by atoms with Gasteiger partial charge in [-0.15, -0.1) is 0 Å². The van der Waals surface area contributed by atoms with Crippen LogP contribution in [-0.2, 0) is 0 Å². The van der Waals surface area contributed by atoms with Gasteiger partial charge in [-0.05, 0) is 42.8 Å². The molecule has 0 aliphatic heterocycles. The molecule has 100 valence electrons. The third-order valence-corrected chi connectivity index (χ3v) is 2.42. The van der Waals surface area contributed by atoms with E-state index in [0.29, 0.717) is 18.5 Å². The summed E-state index contributed by atoms with van der Waals surface area (Å²) in [6.07, 6.45) is 0. The van der Waals surface area contributed by atoms with Gasteiger partial charge in [0.15, 0.2) is 0 Å². The third kappa shape index (κ3) is 3.69. The molecule has 2 aromatic rings. The second-order valence-corrected chi connectivity index (χ2v) is 3.92.